The fraction of sp³-hybridized carbons (Fsp3) is 0.167. The number of carbonyl (C=O) groups is 1. The van der Waals surface area contributed by atoms with Gasteiger partial charge in [0.05, 0.1) is 11.4 Å². The van der Waals surface area contributed by atoms with Crippen LogP contribution >= 0.6 is 23.1 Å². The van der Waals surface area contributed by atoms with Gasteiger partial charge in [0.25, 0.3) is 0 Å². The molecule has 0 fully saturated rings. The Bertz CT molecular complexity index is 900. The number of thioether (sulfide) groups is 1. The maximum absolute atomic E-state index is 13.6. The summed E-state index contributed by atoms with van der Waals surface area (Å²) in [6.45, 7) is 2.52. The highest BCUT2D eigenvalue weighted by atomic mass is 32.2. The van der Waals surface area contributed by atoms with Crippen LogP contribution in [0.3, 0.4) is 0 Å². The Morgan fingerprint density at radius 2 is 1.92 bits per heavy atom. The first-order chi connectivity index (χ1) is 12.6. The first-order valence-electron chi connectivity index (χ1n) is 7.91. The van der Waals surface area contributed by atoms with Crippen molar-refractivity contribution in [1.82, 2.24) is 15.5 Å². The fourth-order valence-electron chi connectivity index (χ4n) is 2.18. The molecule has 0 atom stereocenters. The van der Waals surface area contributed by atoms with Crippen LogP contribution in [0.15, 0.2) is 52.9 Å². The average Bonchev–Trinajstić information content (AvgIpc) is 3.09. The van der Waals surface area contributed by atoms with Gasteiger partial charge < -0.3 is 10.6 Å². The number of hydrogen-bond acceptors (Lipinski definition) is 6. The number of hydrogen-bond donors (Lipinski definition) is 2. The molecule has 5 nitrogen and oxygen atoms in total. The number of para-hydroxylation sites is 1. The van der Waals surface area contributed by atoms with E-state index in [1.54, 1.807) is 18.2 Å². The highest BCUT2D eigenvalue weighted by Crippen LogP contribution is 2.28. The van der Waals surface area contributed by atoms with Crippen LogP contribution in [0, 0.1) is 12.7 Å². The van der Waals surface area contributed by atoms with E-state index in [0.29, 0.717) is 21.7 Å². The third kappa shape index (κ3) is 5.03. The number of anilines is 2. The number of nitrogens with zero attached hydrogens (tertiary/aromatic N) is 2. The highest BCUT2D eigenvalue weighted by Gasteiger charge is 2.10. The minimum Gasteiger partial charge on any atom is -0.351 e. The number of benzene rings is 2. The Balaban J connectivity index is 1.48. The average molecular weight is 388 g/mol. The molecule has 8 heteroatoms. The van der Waals surface area contributed by atoms with Crippen molar-refractivity contribution in [3.05, 3.63) is 65.5 Å². The lowest BCUT2D eigenvalue weighted by Crippen LogP contribution is -2.24. The van der Waals surface area contributed by atoms with Crippen LogP contribution in [0.4, 0.5) is 15.2 Å². The first kappa shape index (κ1) is 18.3. The van der Waals surface area contributed by atoms with E-state index in [1.165, 1.54) is 29.2 Å². The minimum atomic E-state index is -0.354. The van der Waals surface area contributed by atoms with Crippen LogP contribution in [0.2, 0.25) is 0 Å². The number of amides is 1. The Hall–Kier alpha value is -2.45. The van der Waals surface area contributed by atoms with Gasteiger partial charge in [-0.05, 0) is 30.2 Å². The van der Waals surface area contributed by atoms with Crippen molar-refractivity contribution in [2.75, 3.05) is 11.1 Å². The van der Waals surface area contributed by atoms with Crippen molar-refractivity contribution >= 4 is 39.8 Å². The molecule has 3 aromatic rings. The smallest absolute Gasteiger partial charge is 0.230 e. The summed E-state index contributed by atoms with van der Waals surface area (Å²) in [6.07, 6.45) is 0. The Morgan fingerprint density at radius 1 is 1.15 bits per heavy atom. The molecule has 1 amide bonds. The standard InChI is InChI=1S/C18H17FN4OS2/c1-12-6-2-3-7-13(12)10-20-16(24)11-25-18-23-22-17(26-18)21-15-9-5-4-8-14(15)19/h2-9H,10-11H2,1H3,(H,20,24)(H,21,22). The number of halogens is 1. The summed E-state index contributed by atoms with van der Waals surface area (Å²) in [4.78, 5) is 12.0. The number of rotatable bonds is 7. The van der Waals surface area contributed by atoms with E-state index < -0.39 is 0 Å². The summed E-state index contributed by atoms with van der Waals surface area (Å²) >= 11 is 2.58. The van der Waals surface area contributed by atoms with Crippen molar-refractivity contribution in [2.24, 2.45) is 0 Å². The molecule has 0 aliphatic carbocycles. The Morgan fingerprint density at radius 3 is 2.73 bits per heavy atom. The van der Waals surface area contributed by atoms with E-state index in [4.69, 9.17) is 0 Å². The topological polar surface area (TPSA) is 66.9 Å². The summed E-state index contributed by atoms with van der Waals surface area (Å²) in [5.74, 6) is -0.176. The third-order valence-electron chi connectivity index (χ3n) is 3.59. The predicted molar refractivity (Wildman–Crippen MR) is 103 cm³/mol. The van der Waals surface area contributed by atoms with Crippen molar-refractivity contribution in [3.63, 3.8) is 0 Å². The van der Waals surface area contributed by atoms with Gasteiger partial charge in [0.1, 0.15) is 5.82 Å². The normalized spacial score (nSPS) is 10.5. The largest absolute Gasteiger partial charge is 0.351 e. The van der Waals surface area contributed by atoms with Gasteiger partial charge in [-0.25, -0.2) is 4.39 Å². The number of carbonyl (C=O) groups excluding carboxylic acids is 1. The molecular formula is C18H17FN4OS2. The molecule has 1 heterocycles. The second kappa shape index (κ2) is 8.77. The molecule has 0 aliphatic heterocycles. The van der Waals surface area contributed by atoms with Crippen LogP contribution in [0.5, 0.6) is 0 Å². The van der Waals surface area contributed by atoms with Crippen molar-refractivity contribution < 1.29 is 9.18 Å². The molecule has 2 N–H and O–H groups in total. The monoisotopic (exact) mass is 388 g/mol. The lowest BCUT2D eigenvalue weighted by atomic mass is 10.1. The molecule has 0 radical (unpaired) electrons. The zero-order chi connectivity index (χ0) is 18.4. The van der Waals surface area contributed by atoms with Crippen LogP contribution in [0.1, 0.15) is 11.1 Å². The van der Waals surface area contributed by atoms with E-state index in [0.717, 1.165) is 11.1 Å². The molecule has 2 aromatic carbocycles. The molecule has 0 spiro atoms. The van der Waals surface area contributed by atoms with Crippen LogP contribution in [0.25, 0.3) is 0 Å². The van der Waals surface area contributed by atoms with E-state index in [-0.39, 0.29) is 17.5 Å². The number of nitrogens with one attached hydrogen (secondary N) is 2. The van der Waals surface area contributed by atoms with Crippen LogP contribution in [-0.2, 0) is 11.3 Å². The molecule has 0 bridgehead atoms. The maximum Gasteiger partial charge on any atom is 0.230 e. The zero-order valence-electron chi connectivity index (χ0n) is 14.0. The lowest BCUT2D eigenvalue weighted by molar-refractivity contribution is -0.118. The second-order valence-corrected chi connectivity index (χ2v) is 7.67. The van der Waals surface area contributed by atoms with Gasteiger partial charge in [-0.2, -0.15) is 0 Å². The minimum absolute atomic E-state index is 0.0722. The van der Waals surface area contributed by atoms with Crippen LogP contribution in [-0.4, -0.2) is 21.9 Å². The van der Waals surface area contributed by atoms with Crippen molar-refractivity contribution in [1.29, 1.82) is 0 Å². The van der Waals surface area contributed by atoms with E-state index >= 15 is 0 Å². The summed E-state index contributed by atoms with van der Waals surface area (Å²) in [7, 11) is 0. The van der Waals surface area contributed by atoms with Crippen molar-refractivity contribution in [3.8, 4) is 0 Å². The van der Waals surface area contributed by atoms with E-state index in [9.17, 15) is 9.18 Å². The van der Waals surface area contributed by atoms with Gasteiger partial charge in [-0.15, -0.1) is 10.2 Å². The molecule has 0 unspecified atom stereocenters. The van der Waals surface area contributed by atoms with Gasteiger partial charge in [0.2, 0.25) is 11.0 Å². The second-order valence-electron chi connectivity index (χ2n) is 5.47. The zero-order valence-corrected chi connectivity index (χ0v) is 15.7. The summed E-state index contributed by atoms with van der Waals surface area (Å²) < 4.78 is 14.3. The molecule has 1 aromatic heterocycles. The Kier molecular flexibility index (Phi) is 6.19. The quantitative estimate of drug-likeness (QED) is 0.596. The predicted octanol–water partition coefficient (Wildman–Crippen LogP) is 4.14. The van der Waals surface area contributed by atoms with E-state index in [1.807, 2.05) is 31.2 Å². The lowest BCUT2D eigenvalue weighted by Gasteiger charge is -2.07. The first-order valence-corrected chi connectivity index (χ1v) is 9.71. The van der Waals surface area contributed by atoms with Gasteiger partial charge in [-0.3, -0.25) is 4.79 Å². The van der Waals surface area contributed by atoms with Crippen LogP contribution < -0.4 is 10.6 Å². The van der Waals surface area contributed by atoms with E-state index in [2.05, 4.69) is 20.8 Å². The SMILES string of the molecule is Cc1ccccc1CNC(=O)CSc1nnc(Nc2ccccc2F)s1. The number of aryl methyl sites for hydroxylation is 1. The molecule has 3 rings (SSSR count). The molecule has 134 valence electrons. The van der Waals surface area contributed by atoms with Gasteiger partial charge in [-0.1, -0.05) is 59.5 Å². The molecule has 0 saturated heterocycles. The van der Waals surface area contributed by atoms with Crippen molar-refractivity contribution in [2.45, 2.75) is 17.8 Å². The molecule has 26 heavy (non-hydrogen) atoms. The molecular weight excluding hydrogens is 371 g/mol. The Labute approximate surface area is 159 Å². The molecule has 0 aliphatic rings. The van der Waals surface area contributed by atoms with Gasteiger partial charge in [0, 0.05) is 6.54 Å². The van der Waals surface area contributed by atoms with Gasteiger partial charge >= 0.3 is 0 Å². The summed E-state index contributed by atoms with van der Waals surface area (Å²) in [5, 5.41) is 14.3. The maximum atomic E-state index is 13.6. The summed E-state index contributed by atoms with van der Waals surface area (Å²) in [6, 6.07) is 14.3. The molecule has 0 saturated carbocycles. The highest BCUT2D eigenvalue weighted by molar-refractivity contribution is 8.01. The summed E-state index contributed by atoms with van der Waals surface area (Å²) in [5.41, 5.74) is 2.59. The van der Waals surface area contributed by atoms with Gasteiger partial charge in [0.15, 0.2) is 4.34 Å². The third-order valence-corrected chi connectivity index (χ3v) is 5.56. The number of aromatic nitrogens is 2. The fourth-order valence-corrected chi connectivity index (χ4v) is 3.77.